The molecule has 28 atom stereocenters. The molecule has 0 aromatic carbocycles. The zero-order valence-electron chi connectivity index (χ0n) is 68.9. The number of hydrogen-bond donors (Lipinski definition) is 26. The van der Waals surface area contributed by atoms with Crippen molar-refractivity contribution < 1.29 is 243 Å². The molecule has 4 fully saturated rings. The summed E-state index contributed by atoms with van der Waals surface area (Å²) in [7, 11) is -68.3. The van der Waals surface area contributed by atoms with Crippen LogP contribution in [0.2, 0.25) is 0 Å². The van der Waals surface area contributed by atoms with Gasteiger partial charge >= 0.3 is 93.9 Å². The smallest absolute Gasteiger partial charge is 0.386 e. The molecule has 0 saturated carbocycles. The maximum atomic E-state index is 16.0. The van der Waals surface area contributed by atoms with Gasteiger partial charge in [0.2, 0.25) is 34.6 Å². The Hall–Kier alpha value is -5.72. The molecule has 8 aromatic heterocycles. The normalized spacial score (nSPS) is 29.0. The summed E-state index contributed by atoms with van der Waals surface area (Å²) in [5, 5.41) is 49.6. The number of phosphoric acid groups is 12. The number of phosphoric ester groups is 4. The topological polar surface area (TPSA) is 1040 Å². The second-order valence-electron chi connectivity index (χ2n) is 27.9. The number of alkyl halides is 4. The minimum atomic E-state index is -5.83. The van der Waals surface area contributed by atoms with Gasteiger partial charge in [-0.05, 0) is 97.8 Å². The van der Waals surface area contributed by atoms with Crippen LogP contribution in [0.25, 0.3) is 44.7 Å². The fraction of sp³-hybridized carbons (Fsp3) is 0.462. The van der Waals surface area contributed by atoms with Gasteiger partial charge in [0.15, 0.2) is 57.4 Å². The Balaban J connectivity index is 0.000000211. The van der Waals surface area contributed by atoms with E-state index in [-0.39, 0.29) is 77.7 Å². The lowest BCUT2D eigenvalue weighted by Gasteiger charge is -2.25. The first-order valence-corrected chi connectivity index (χ1v) is 56.4. The number of nitrogens with zero attached hydrogens (tertiary/aromatic N) is 14. The number of aromatic nitrogens is 16. The molecule has 0 spiro atoms. The van der Waals surface area contributed by atoms with E-state index in [1.54, 1.807) is 21.5 Å². The van der Waals surface area contributed by atoms with Crippen LogP contribution < -0.4 is 22.9 Å². The van der Waals surface area contributed by atoms with Crippen LogP contribution >= 0.6 is 165 Å². The molecule has 30 N–H and O–H groups in total. The Labute approximate surface area is 813 Å². The van der Waals surface area contributed by atoms with E-state index in [9.17, 15) is 114 Å². The van der Waals surface area contributed by atoms with Gasteiger partial charge in [0.05, 0.1) is 62.1 Å². The number of aromatic amines is 2. The molecular weight excluding hydrogens is 2330 g/mol. The average molecular weight is 2390 g/mol. The van der Waals surface area contributed by atoms with E-state index >= 15 is 17.6 Å². The quantitative estimate of drug-likeness (QED) is 0.0125. The third kappa shape index (κ3) is 29.5. The first-order chi connectivity index (χ1) is 64.7. The summed E-state index contributed by atoms with van der Waals surface area (Å²) in [4.78, 5) is 189. The summed E-state index contributed by atoms with van der Waals surface area (Å²) in [5.41, 5.74) is 10.8. The molecule has 12 rings (SSSR count). The zero-order valence-corrected chi connectivity index (χ0v) is 84.2. The molecule has 68 nitrogen and oxygen atoms in total. The first kappa shape index (κ1) is 120. The van der Waals surface area contributed by atoms with E-state index < -0.39 is 215 Å². The maximum absolute atomic E-state index is 16.0. The fourth-order valence-corrected chi connectivity index (χ4v) is 26.6. The van der Waals surface area contributed by atoms with Gasteiger partial charge in [-0.15, -0.1) is 0 Å². The van der Waals surface area contributed by atoms with Crippen molar-refractivity contribution in [2.24, 2.45) is 0 Å². The maximum Gasteiger partial charge on any atom is 0.490 e. The third-order valence-electron chi connectivity index (χ3n) is 17.8. The molecule has 4 aliphatic rings. The number of anilines is 4. The molecule has 0 bridgehead atoms. The number of imidazole rings is 4. The van der Waals surface area contributed by atoms with Crippen LogP contribution in [0.4, 0.5) is 41.4 Å². The van der Waals surface area contributed by atoms with Gasteiger partial charge in [-0.2, -0.15) is 44.5 Å². The monoisotopic (exact) mass is 2390 g/mol. The highest BCUT2D eigenvalue weighted by molar-refractivity contribution is 7.72. The fourth-order valence-electron chi connectivity index (χ4n) is 12.8. The van der Waals surface area contributed by atoms with Crippen LogP contribution in [0.15, 0.2) is 37.7 Å². The standard InChI is InChI=1S/2C13H16ClFN5O12P3S.2C13H16ClFN5O12P3/c2*1-5(30-34(25,26)32-35(27,28)31-33(22,23)24)7-8(21)13(15,2-3-14)11(29-7)20-4-17-6-9(20)18-12(16)19-10(6)36;2*1-6(30-34(25,26)32-35(27,28)31-33(22,23)24)8-9(21)13(15,2-3-14)11(29-8)20-5-18-7-4-17-12(16)19-10(7)20/h2*4-5,7-8,11,21H,1H3,(H,25,26)(H,27,28)(H2,22,23,24)(H3,16,18,19,36);2*4-6,8-9,11,21H,1H3,(H,25,26)(H,27,28)(H2,16,17,19)(H2,22,23,24)/t5-,7+,8-,11+,13?;5-,7-,8+,11-,13?;6-,8+,9-,11+,13?;6-,8-,9+,11-,13?/m0101/s1. The van der Waals surface area contributed by atoms with E-state index in [1.807, 2.05) is 23.7 Å². The summed E-state index contributed by atoms with van der Waals surface area (Å²) in [6.45, 7) is 3.92. The van der Waals surface area contributed by atoms with Crippen LogP contribution in [0, 0.1) is 54.5 Å². The number of ether oxygens (including phenoxy) is 4. The molecule has 12 heterocycles. The average Bonchev–Trinajstić information content (AvgIpc) is 1.60. The van der Waals surface area contributed by atoms with E-state index in [1.165, 1.54) is 12.4 Å². The number of hydrogen-bond acceptors (Lipinski definition) is 48. The molecule has 4 aliphatic heterocycles. The lowest BCUT2D eigenvalue weighted by atomic mass is 9.95. The highest BCUT2D eigenvalue weighted by Crippen LogP contribution is 2.71. The molecule has 4 saturated heterocycles. The van der Waals surface area contributed by atoms with Crippen LogP contribution in [-0.2, 0) is 126 Å². The number of rotatable bonds is 32. The van der Waals surface area contributed by atoms with Crippen molar-refractivity contribution in [3.8, 4) is 45.2 Å². The van der Waals surface area contributed by atoms with E-state index in [2.05, 4.69) is 112 Å². The predicted octanol–water partition coefficient (Wildman–Crippen LogP) is 2.55. The molecule has 8 aromatic rings. The summed E-state index contributed by atoms with van der Waals surface area (Å²) in [6, 6.07) is 0. The summed E-state index contributed by atoms with van der Waals surface area (Å²) < 4.78 is 275. The number of nitrogens with one attached hydrogen (secondary N) is 2. The molecule has 0 aliphatic carbocycles. The first-order valence-electron chi connectivity index (χ1n) is 36.0. The predicted molar refractivity (Wildman–Crippen MR) is 461 cm³/mol. The van der Waals surface area contributed by atoms with Gasteiger partial charge < -0.3 is 151 Å². The molecule has 788 valence electrons. The van der Waals surface area contributed by atoms with Crippen molar-refractivity contribution in [1.82, 2.24) is 78.1 Å². The van der Waals surface area contributed by atoms with E-state index in [0.717, 1.165) is 71.3 Å². The number of aliphatic hydroxyl groups is 4. The minimum absolute atomic E-state index is 0.00397. The Kier molecular flexibility index (Phi) is 37.5. The van der Waals surface area contributed by atoms with Gasteiger partial charge in [0.25, 0.3) is 0 Å². The number of aliphatic hydroxyl groups excluding tert-OH is 4. The molecule has 0 radical (unpaired) electrons. The lowest BCUT2D eigenvalue weighted by molar-refractivity contribution is -0.0755. The van der Waals surface area contributed by atoms with Gasteiger partial charge in [-0.1, -0.05) is 24.4 Å². The van der Waals surface area contributed by atoms with Crippen molar-refractivity contribution in [3.63, 3.8) is 0 Å². The molecule has 90 heteroatoms. The lowest BCUT2D eigenvalue weighted by Crippen LogP contribution is -2.44. The second-order valence-corrected chi connectivity index (χ2v) is 46.9. The molecule has 0 amide bonds. The minimum Gasteiger partial charge on any atom is -0.386 e. The van der Waals surface area contributed by atoms with Crippen LogP contribution in [0.5, 0.6) is 0 Å². The SMILES string of the molecule is C[C@@H](OP(=O)(O)OP(=O)(O)OP(=O)(O)O)[C@H]1O[C@@H](n2cnc3c(=S)nc(N)[nH]c32)C(F)(C#CCl)[C@H]1O.C[C@@H](OP(=O)(O)OP(=O)(O)OP(=O)(O)O)[C@H]1O[C@@H](n2cnc3cnc(N)nc32)C(F)(C#CCl)[C@H]1O.C[C@H](OP(=O)(O)OP(=O)(O)OP(=O)(O)O)[C@H]1O[C@@H](n2cnc3c(=S)nc(N)[nH]c32)C(F)(C#CCl)[C@H]1O.C[C@H](OP(=O)(O)OP(=O)(O)OP(=O)(O)O)[C@H]1O[C@@H](n2cnc3cnc(N)nc32)C(F)(C#CCl)[C@H]1O. The summed E-state index contributed by atoms with van der Waals surface area (Å²) in [6.07, 6.45) is -23.9. The van der Waals surface area contributed by atoms with Crippen molar-refractivity contribution in [1.29, 1.82) is 0 Å². The molecular formula is C52H64Cl4F4N20O48P12S2. The number of H-pyrrole nitrogens is 2. The number of nitrogen functional groups attached to an aromatic ring is 4. The Morgan fingerprint density at radius 3 is 0.803 bits per heavy atom. The Morgan fingerprint density at radius 2 is 0.585 bits per heavy atom. The van der Waals surface area contributed by atoms with Crippen LogP contribution in [0.1, 0.15) is 52.6 Å². The number of halogens is 8. The van der Waals surface area contributed by atoms with Crippen molar-refractivity contribution in [2.45, 2.75) is 149 Å². The summed E-state index contributed by atoms with van der Waals surface area (Å²) in [5.74, 6) is 7.02. The third-order valence-corrected chi connectivity index (χ3v) is 34.5. The second kappa shape index (κ2) is 44.4. The largest absolute Gasteiger partial charge is 0.490 e. The highest BCUT2D eigenvalue weighted by atomic mass is 35.5. The Morgan fingerprint density at radius 1 is 0.366 bits per heavy atom. The summed E-state index contributed by atoms with van der Waals surface area (Å²) >= 11 is 31.5. The van der Waals surface area contributed by atoms with Crippen molar-refractivity contribution in [3.05, 3.63) is 47.0 Å². The van der Waals surface area contributed by atoms with E-state index in [4.69, 9.17) is 152 Å². The highest BCUT2D eigenvalue weighted by Gasteiger charge is 2.65. The number of fused-ring (bicyclic) bond motifs is 4. The van der Waals surface area contributed by atoms with Crippen LogP contribution in [-0.4, -0.2) is 273 Å². The molecule has 142 heavy (non-hydrogen) atoms. The van der Waals surface area contributed by atoms with Gasteiger partial charge in [-0.25, -0.2) is 112 Å². The van der Waals surface area contributed by atoms with Gasteiger partial charge in [0, 0.05) is 21.5 Å². The molecule has 12 unspecified atom stereocenters. The zero-order chi connectivity index (χ0) is 107. The number of nitrogens with two attached hydrogens (primary N) is 4. The van der Waals surface area contributed by atoms with Crippen LogP contribution in [0.3, 0.4) is 0 Å². The van der Waals surface area contributed by atoms with Crippen molar-refractivity contribution >= 4 is 233 Å². The van der Waals surface area contributed by atoms with Gasteiger partial charge in [-0.3, -0.25) is 36.4 Å². The van der Waals surface area contributed by atoms with E-state index in [0.29, 0.717) is 0 Å². The van der Waals surface area contributed by atoms with Crippen molar-refractivity contribution in [2.75, 3.05) is 22.9 Å². The Bertz CT molecular complexity index is 6790. The van der Waals surface area contributed by atoms with Gasteiger partial charge in [0.1, 0.15) is 82.2 Å².